The summed E-state index contributed by atoms with van der Waals surface area (Å²) < 4.78 is 0. The van der Waals surface area contributed by atoms with Crippen molar-refractivity contribution in [2.24, 2.45) is 11.8 Å². The molecule has 0 radical (unpaired) electrons. The molecule has 1 amide bonds. The Morgan fingerprint density at radius 3 is 2.21 bits per heavy atom. The predicted molar refractivity (Wildman–Crippen MR) is 76.9 cm³/mol. The Balaban J connectivity index is 1.43. The van der Waals surface area contributed by atoms with E-state index in [1.54, 1.807) is 0 Å². The van der Waals surface area contributed by atoms with Gasteiger partial charge in [-0.25, -0.2) is 0 Å². The number of nitrogens with zero attached hydrogens (tertiary/aromatic N) is 2. The van der Waals surface area contributed by atoms with Crippen LogP contribution in [0.1, 0.15) is 51.9 Å². The Labute approximate surface area is 117 Å². The van der Waals surface area contributed by atoms with Gasteiger partial charge in [-0.05, 0) is 57.5 Å². The number of carbonyl (C=O) groups excluding carboxylic acids is 1. The molecule has 0 aromatic rings. The lowest BCUT2D eigenvalue weighted by molar-refractivity contribution is -0.142. The third-order valence-corrected chi connectivity index (χ3v) is 5.46. The number of amides is 1. The fourth-order valence-corrected chi connectivity index (χ4v) is 3.86. The Kier molecular flexibility index (Phi) is 4.11. The lowest BCUT2D eigenvalue weighted by Crippen LogP contribution is -2.52. The SMILES string of the molecule is CC1CCN(C(=O)C2CC(N3CCCCC3)C2)CC1. The summed E-state index contributed by atoms with van der Waals surface area (Å²) in [6.07, 6.45) is 8.79. The van der Waals surface area contributed by atoms with E-state index < -0.39 is 0 Å². The van der Waals surface area contributed by atoms with Crippen LogP contribution >= 0.6 is 0 Å². The van der Waals surface area contributed by atoms with Gasteiger partial charge in [-0.2, -0.15) is 0 Å². The molecule has 2 heterocycles. The van der Waals surface area contributed by atoms with Crippen LogP contribution in [0.3, 0.4) is 0 Å². The molecule has 1 aliphatic carbocycles. The highest BCUT2D eigenvalue weighted by atomic mass is 16.2. The quantitative estimate of drug-likeness (QED) is 0.765. The number of hydrogen-bond acceptors (Lipinski definition) is 2. The van der Waals surface area contributed by atoms with Crippen molar-refractivity contribution >= 4 is 5.91 Å². The van der Waals surface area contributed by atoms with E-state index in [0.717, 1.165) is 37.9 Å². The molecule has 3 aliphatic rings. The van der Waals surface area contributed by atoms with Gasteiger partial charge in [-0.1, -0.05) is 13.3 Å². The fraction of sp³-hybridized carbons (Fsp3) is 0.938. The maximum Gasteiger partial charge on any atom is 0.225 e. The van der Waals surface area contributed by atoms with E-state index in [0.29, 0.717) is 11.8 Å². The summed E-state index contributed by atoms with van der Waals surface area (Å²) in [5.74, 6) is 1.62. The van der Waals surface area contributed by atoms with Crippen LogP contribution in [-0.2, 0) is 4.79 Å². The van der Waals surface area contributed by atoms with Crippen LogP contribution in [0.5, 0.6) is 0 Å². The largest absolute Gasteiger partial charge is 0.342 e. The molecule has 0 aromatic carbocycles. The second-order valence-corrected chi connectivity index (χ2v) is 6.93. The lowest BCUT2D eigenvalue weighted by Gasteiger charge is -2.45. The summed E-state index contributed by atoms with van der Waals surface area (Å²) in [7, 11) is 0. The molecule has 2 saturated heterocycles. The van der Waals surface area contributed by atoms with E-state index in [2.05, 4.69) is 16.7 Å². The first-order valence-corrected chi connectivity index (χ1v) is 8.27. The van der Waals surface area contributed by atoms with Gasteiger partial charge in [0, 0.05) is 25.0 Å². The monoisotopic (exact) mass is 264 g/mol. The second kappa shape index (κ2) is 5.82. The highest BCUT2D eigenvalue weighted by Gasteiger charge is 2.40. The highest BCUT2D eigenvalue weighted by molar-refractivity contribution is 5.80. The standard InChI is InChI=1S/C16H28N2O/c1-13-5-9-18(10-6-13)16(19)14-11-15(12-14)17-7-3-2-4-8-17/h13-15H,2-12H2,1H3. The summed E-state index contributed by atoms with van der Waals surface area (Å²) in [5, 5.41) is 0. The van der Waals surface area contributed by atoms with Crippen LogP contribution in [-0.4, -0.2) is 47.9 Å². The molecule has 0 unspecified atom stereocenters. The lowest BCUT2D eigenvalue weighted by atomic mass is 9.77. The van der Waals surface area contributed by atoms with Gasteiger partial charge in [0.1, 0.15) is 0 Å². The van der Waals surface area contributed by atoms with Crippen LogP contribution in [0.25, 0.3) is 0 Å². The number of hydrogen-bond donors (Lipinski definition) is 0. The third-order valence-electron chi connectivity index (χ3n) is 5.46. The molecule has 3 heteroatoms. The molecule has 0 spiro atoms. The molecule has 3 rings (SSSR count). The zero-order valence-corrected chi connectivity index (χ0v) is 12.3. The minimum absolute atomic E-state index is 0.348. The molecule has 19 heavy (non-hydrogen) atoms. The Morgan fingerprint density at radius 2 is 1.58 bits per heavy atom. The van der Waals surface area contributed by atoms with Gasteiger partial charge in [0.2, 0.25) is 5.91 Å². The maximum absolute atomic E-state index is 12.4. The van der Waals surface area contributed by atoms with Crippen molar-refractivity contribution in [3.8, 4) is 0 Å². The summed E-state index contributed by atoms with van der Waals surface area (Å²) in [4.78, 5) is 17.2. The van der Waals surface area contributed by atoms with Gasteiger partial charge in [0.25, 0.3) is 0 Å². The van der Waals surface area contributed by atoms with E-state index in [-0.39, 0.29) is 0 Å². The van der Waals surface area contributed by atoms with Gasteiger partial charge in [0.15, 0.2) is 0 Å². The summed E-state index contributed by atoms with van der Waals surface area (Å²) >= 11 is 0. The first kappa shape index (κ1) is 13.4. The maximum atomic E-state index is 12.4. The van der Waals surface area contributed by atoms with E-state index in [1.807, 2.05) is 0 Å². The van der Waals surface area contributed by atoms with Crippen LogP contribution in [0.4, 0.5) is 0 Å². The topological polar surface area (TPSA) is 23.6 Å². The van der Waals surface area contributed by atoms with Crippen LogP contribution < -0.4 is 0 Å². The molecule has 1 saturated carbocycles. The highest BCUT2D eigenvalue weighted by Crippen LogP contribution is 2.35. The van der Waals surface area contributed by atoms with Crippen molar-refractivity contribution in [1.29, 1.82) is 0 Å². The minimum Gasteiger partial charge on any atom is -0.342 e. The van der Waals surface area contributed by atoms with Crippen molar-refractivity contribution in [3.05, 3.63) is 0 Å². The Morgan fingerprint density at radius 1 is 0.947 bits per heavy atom. The molecule has 3 fully saturated rings. The summed E-state index contributed by atoms with van der Waals surface area (Å²) in [6, 6.07) is 0.720. The average Bonchev–Trinajstić information content (AvgIpc) is 2.39. The summed E-state index contributed by atoms with van der Waals surface area (Å²) in [5.41, 5.74) is 0. The molecule has 108 valence electrons. The van der Waals surface area contributed by atoms with E-state index in [4.69, 9.17) is 0 Å². The van der Waals surface area contributed by atoms with Gasteiger partial charge >= 0.3 is 0 Å². The molecule has 2 aliphatic heterocycles. The van der Waals surface area contributed by atoms with Crippen LogP contribution in [0.2, 0.25) is 0 Å². The molecular formula is C16H28N2O. The van der Waals surface area contributed by atoms with E-state index >= 15 is 0 Å². The molecule has 0 N–H and O–H groups in total. The smallest absolute Gasteiger partial charge is 0.225 e. The van der Waals surface area contributed by atoms with Crippen molar-refractivity contribution in [2.75, 3.05) is 26.2 Å². The van der Waals surface area contributed by atoms with Crippen LogP contribution in [0.15, 0.2) is 0 Å². The van der Waals surface area contributed by atoms with Crippen molar-refractivity contribution in [3.63, 3.8) is 0 Å². The van der Waals surface area contributed by atoms with Gasteiger partial charge < -0.3 is 9.80 Å². The van der Waals surface area contributed by atoms with E-state index in [9.17, 15) is 4.79 Å². The van der Waals surface area contributed by atoms with Crippen molar-refractivity contribution in [2.45, 2.75) is 57.9 Å². The van der Waals surface area contributed by atoms with Gasteiger partial charge in [0.05, 0.1) is 0 Å². The molecule has 0 atom stereocenters. The average molecular weight is 264 g/mol. The number of piperidine rings is 2. The van der Waals surface area contributed by atoms with E-state index in [1.165, 1.54) is 45.2 Å². The zero-order valence-electron chi connectivity index (χ0n) is 12.3. The fourth-order valence-electron chi connectivity index (χ4n) is 3.86. The normalized spacial score (nSPS) is 34.1. The van der Waals surface area contributed by atoms with Gasteiger partial charge in [-0.15, -0.1) is 0 Å². The Hall–Kier alpha value is -0.570. The predicted octanol–water partition coefficient (Wildman–Crippen LogP) is 2.51. The van der Waals surface area contributed by atoms with Crippen LogP contribution in [0, 0.1) is 11.8 Å². The second-order valence-electron chi connectivity index (χ2n) is 6.93. The molecule has 0 aromatic heterocycles. The number of carbonyl (C=O) groups is 1. The summed E-state index contributed by atoms with van der Waals surface area (Å²) in [6.45, 7) is 6.85. The number of likely N-dealkylation sites (tertiary alicyclic amines) is 2. The molecular weight excluding hydrogens is 236 g/mol. The Bertz CT molecular complexity index is 311. The third kappa shape index (κ3) is 2.96. The zero-order chi connectivity index (χ0) is 13.2. The first-order chi connectivity index (χ1) is 9.24. The van der Waals surface area contributed by atoms with Crippen molar-refractivity contribution < 1.29 is 4.79 Å². The number of rotatable bonds is 2. The molecule has 3 nitrogen and oxygen atoms in total. The first-order valence-electron chi connectivity index (χ1n) is 8.27. The molecule has 0 bridgehead atoms. The minimum atomic E-state index is 0.348. The van der Waals surface area contributed by atoms with Gasteiger partial charge in [-0.3, -0.25) is 4.79 Å². The van der Waals surface area contributed by atoms with Crippen molar-refractivity contribution in [1.82, 2.24) is 9.80 Å².